The lowest BCUT2D eigenvalue weighted by Crippen LogP contribution is -2.38. The number of rotatable bonds is 7. The number of carbonyl (C=O) groups is 2. The van der Waals surface area contributed by atoms with Crippen LogP contribution >= 0.6 is 0 Å². The molecule has 2 aromatic carbocycles. The molecule has 0 aromatic heterocycles. The van der Waals surface area contributed by atoms with Gasteiger partial charge in [-0.05, 0) is 36.8 Å². The number of benzene rings is 2. The molecule has 1 N–H and O–H groups in total. The molecule has 0 saturated carbocycles. The highest BCUT2D eigenvalue weighted by Gasteiger charge is 2.30. The lowest BCUT2D eigenvalue weighted by atomic mass is 10.1. The van der Waals surface area contributed by atoms with Gasteiger partial charge in [0, 0.05) is 19.2 Å². The molecule has 0 atom stereocenters. The highest BCUT2D eigenvalue weighted by Crippen LogP contribution is 2.29. The van der Waals surface area contributed by atoms with Crippen molar-refractivity contribution >= 4 is 21.7 Å². The summed E-state index contributed by atoms with van der Waals surface area (Å²) in [5.41, 5.74) is 0.00626. The van der Waals surface area contributed by atoms with Crippen molar-refractivity contribution in [2.24, 2.45) is 0 Å². The Balaban J connectivity index is 1.96. The van der Waals surface area contributed by atoms with Crippen LogP contribution in [0.5, 0.6) is 0 Å². The number of nitrogens with one attached hydrogen (secondary N) is 1. The molecule has 0 radical (unpaired) electrons. The molecule has 0 bridgehead atoms. The quantitative estimate of drug-likeness (QED) is 0.688. The van der Waals surface area contributed by atoms with Gasteiger partial charge in [-0.3, -0.25) is 9.59 Å². The van der Waals surface area contributed by atoms with Gasteiger partial charge in [0.25, 0.3) is 0 Å². The molecule has 0 aliphatic carbocycles. The molecule has 0 fully saturated rings. The van der Waals surface area contributed by atoms with Crippen molar-refractivity contribution in [3.63, 3.8) is 0 Å². The van der Waals surface area contributed by atoms with Crippen LogP contribution in [0.25, 0.3) is 0 Å². The Morgan fingerprint density at radius 1 is 1.00 bits per heavy atom. The SMILES string of the molecule is CC(=O)c1ccc(S(=O)(=O)N(C)CC(=O)NCc2ccc(C(F)(F)F)cc2)cc1. The fraction of sp³-hybridized carbons (Fsp3) is 0.263. The van der Waals surface area contributed by atoms with Gasteiger partial charge in [0.15, 0.2) is 5.78 Å². The maximum atomic E-state index is 12.5. The largest absolute Gasteiger partial charge is 0.416 e. The first-order valence-electron chi connectivity index (χ1n) is 8.41. The first-order chi connectivity index (χ1) is 13.4. The van der Waals surface area contributed by atoms with Gasteiger partial charge >= 0.3 is 6.18 Å². The van der Waals surface area contributed by atoms with Crippen molar-refractivity contribution in [2.45, 2.75) is 24.5 Å². The van der Waals surface area contributed by atoms with E-state index in [1.165, 1.54) is 50.4 Å². The summed E-state index contributed by atoms with van der Waals surface area (Å²) in [5.74, 6) is -0.818. The van der Waals surface area contributed by atoms with E-state index in [0.29, 0.717) is 11.1 Å². The molecule has 10 heteroatoms. The van der Waals surface area contributed by atoms with Crippen LogP contribution in [0.4, 0.5) is 13.2 Å². The Bertz CT molecular complexity index is 986. The molecule has 2 aromatic rings. The van der Waals surface area contributed by atoms with E-state index < -0.39 is 34.2 Å². The van der Waals surface area contributed by atoms with E-state index in [9.17, 15) is 31.2 Å². The van der Waals surface area contributed by atoms with Crippen molar-refractivity contribution in [1.29, 1.82) is 0 Å². The van der Waals surface area contributed by atoms with Gasteiger partial charge in [-0.2, -0.15) is 17.5 Å². The number of nitrogens with zero attached hydrogens (tertiary/aromatic N) is 1. The number of carbonyl (C=O) groups excluding carboxylic acids is 2. The van der Waals surface area contributed by atoms with E-state index in [1.807, 2.05) is 0 Å². The Kier molecular flexibility index (Phi) is 6.81. The monoisotopic (exact) mass is 428 g/mol. The number of amides is 1. The van der Waals surface area contributed by atoms with E-state index in [2.05, 4.69) is 5.32 Å². The summed E-state index contributed by atoms with van der Waals surface area (Å²) >= 11 is 0. The number of ketones is 1. The molecule has 1 amide bonds. The summed E-state index contributed by atoms with van der Waals surface area (Å²) in [6, 6.07) is 9.61. The van der Waals surface area contributed by atoms with E-state index in [1.54, 1.807) is 0 Å². The third kappa shape index (κ3) is 5.88. The van der Waals surface area contributed by atoms with E-state index in [4.69, 9.17) is 0 Å². The highest BCUT2D eigenvalue weighted by atomic mass is 32.2. The molecule has 0 aliphatic rings. The van der Waals surface area contributed by atoms with Crippen molar-refractivity contribution in [1.82, 2.24) is 9.62 Å². The van der Waals surface area contributed by atoms with Crippen molar-refractivity contribution in [3.8, 4) is 0 Å². The average Bonchev–Trinajstić information content (AvgIpc) is 2.66. The summed E-state index contributed by atoms with van der Waals surface area (Å²) in [6.45, 7) is 0.840. The number of sulfonamides is 1. The molecule has 0 aliphatic heterocycles. The lowest BCUT2D eigenvalue weighted by molar-refractivity contribution is -0.137. The normalized spacial score (nSPS) is 12.1. The molecule has 156 valence electrons. The zero-order valence-corrected chi connectivity index (χ0v) is 16.5. The molecule has 0 saturated heterocycles. The third-order valence-electron chi connectivity index (χ3n) is 4.11. The van der Waals surface area contributed by atoms with E-state index in [0.717, 1.165) is 16.4 Å². The second-order valence-electron chi connectivity index (χ2n) is 6.31. The average molecular weight is 428 g/mol. The zero-order chi connectivity index (χ0) is 21.8. The van der Waals surface area contributed by atoms with Crippen LogP contribution in [-0.4, -0.2) is 38.0 Å². The Hall–Kier alpha value is -2.72. The summed E-state index contributed by atoms with van der Waals surface area (Å²) < 4.78 is 63.5. The van der Waals surface area contributed by atoms with Gasteiger partial charge < -0.3 is 5.32 Å². The molecule has 0 unspecified atom stereocenters. The summed E-state index contributed by atoms with van der Waals surface area (Å²) in [7, 11) is -2.72. The summed E-state index contributed by atoms with van der Waals surface area (Å²) in [6.07, 6.45) is -4.44. The first-order valence-corrected chi connectivity index (χ1v) is 9.85. The predicted molar refractivity (Wildman–Crippen MR) is 99.6 cm³/mol. The van der Waals surface area contributed by atoms with E-state index >= 15 is 0 Å². The molecular formula is C19H19F3N2O4S. The number of alkyl halides is 3. The minimum absolute atomic E-state index is 0.0435. The Morgan fingerprint density at radius 3 is 2.03 bits per heavy atom. The minimum Gasteiger partial charge on any atom is -0.351 e. The molecule has 2 rings (SSSR count). The smallest absolute Gasteiger partial charge is 0.351 e. The van der Waals surface area contributed by atoms with Crippen molar-refractivity contribution < 1.29 is 31.2 Å². The molecule has 0 heterocycles. The maximum Gasteiger partial charge on any atom is 0.416 e. The second kappa shape index (κ2) is 8.75. The van der Waals surface area contributed by atoms with Gasteiger partial charge in [0.2, 0.25) is 15.9 Å². The van der Waals surface area contributed by atoms with Gasteiger partial charge in [0.1, 0.15) is 0 Å². The van der Waals surface area contributed by atoms with Crippen LogP contribution in [0, 0.1) is 0 Å². The van der Waals surface area contributed by atoms with Gasteiger partial charge in [0.05, 0.1) is 17.0 Å². The van der Waals surface area contributed by atoms with Crippen LogP contribution in [0.2, 0.25) is 0 Å². The summed E-state index contributed by atoms with van der Waals surface area (Å²) in [5, 5.41) is 2.46. The van der Waals surface area contributed by atoms with E-state index in [-0.39, 0.29) is 17.2 Å². The molecule has 0 spiro atoms. The number of hydrogen-bond donors (Lipinski definition) is 1. The van der Waals surface area contributed by atoms with Crippen molar-refractivity contribution in [2.75, 3.05) is 13.6 Å². The van der Waals surface area contributed by atoms with Gasteiger partial charge in [-0.25, -0.2) is 8.42 Å². The van der Waals surface area contributed by atoms with Crippen LogP contribution < -0.4 is 5.32 Å². The van der Waals surface area contributed by atoms with Crippen LogP contribution in [0.1, 0.15) is 28.4 Å². The van der Waals surface area contributed by atoms with Crippen LogP contribution in [-0.2, 0) is 27.5 Å². The first kappa shape index (κ1) is 22.6. The molecule has 6 nitrogen and oxygen atoms in total. The Morgan fingerprint density at radius 2 is 1.55 bits per heavy atom. The van der Waals surface area contributed by atoms with Gasteiger partial charge in [-0.1, -0.05) is 24.3 Å². The molecule has 29 heavy (non-hydrogen) atoms. The zero-order valence-electron chi connectivity index (χ0n) is 15.7. The highest BCUT2D eigenvalue weighted by molar-refractivity contribution is 7.89. The molecular weight excluding hydrogens is 409 g/mol. The second-order valence-corrected chi connectivity index (χ2v) is 8.36. The van der Waals surface area contributed by atoms with Crippen molar-refractivity contribution in [3.05, 3.63) is 65.2 Å². The Labute approximate surface area is 166 Å². The minimum atomic E-state index is -4.44. The summed E-state index contributed by atoms with van der Waals surface area (Å²) in [4.78, 5) is 23.2. The fourth-order valence-corrected chi connectivity index (χ4v) is 3.52. The fourth-order valence-electron chi connectivity index (χ4n) is 2.40. The van der Waals surface area contributed by atoms with Gasteiger partial charge in [-0.15, -0.1) is 0 Å². The number of halogens is 3. The topological polar surface area (TPSA) is 83.6 Å². The third-order valence-corrected chi connectivity index (χ3v) is 5.92. The standard InChI is InChI=1S/C19H19F3N2O4S/c1-13(25)15-5-9-17(10-6-15)29(27,28)24(2)12-18(26)23-11-14-3-7-16(8-4-14)19(20,21)22/h3-10H,11-12H2,1-2H3,(H,23,26). The van der Waals surface area contributed by atoms with Crippen LogP contribution in [0.15, 0.2) is 53.4 Å². The van der Waals surface area contributed by atoms with Crippen LogP contribution in [0.3, 0.4) is 0 Å². The lowest BCUT2D eigenvalue weighted by Gasteiger charge is -2.17. The number of Topliss-reactive ketones (excluding diaryl/α,β-unsaturated/α-hetero) is 1. The number of hydrogen-bond acceptors (Lipinski definition) is 4. The number of likely N-dealkylation sites (N-methyl/N-ethyl adjacent to an activating group) is 1. The maximum absolute atomic E-state index is 12.5. The predicted octanol–water partition coefficient (Wildman–Crippen LogP) is 2.84.